The fourth-order valence-corrected chi connectivity index (χ4v) is 2.55. The number of carbonyl (C=O) groups excluding carboxylic acids is 1. The Morgan fingerprint density at radius 2 is 2.21 bits per heavy atom. The third kappa shape index (κ3) is 3.22. The van der Waals surface area contributed by atoms with Crippen LogP contribution in [-0.4, -0.2) is 30.4 Å². The first-order valence-corrected chi connectivity index (χ1v) is 6.59. The number of nitrogens with two attached hydrogens (primary N) is 1. The summed E-state index contributed by atoms with van der Waals surface area (Å²) in [6.45, 7) is 6.14. The number of carbonyl (C=O) groups is 1. The van der Waals surface area contributed by atoms with Gasteiger partial charge < -0.3 is 10.6 Å². The van der Waals surface area contributed by atoms with Gasteiger partial charge in [-0.15, -0.1) is 12.4 Å². The first kappa shape index (κ1) is 16.3. The van der Waals surface area contributed by atoms with Gasteiger partial charge in [0, 0.05) is 23.7 Å². The van der Waals surface area contributed by atoms with Crippen molar-refractivity contribution in [3.8, 4) is 0 Å². The van der Waals surface area contributed by atoms with Crippen molar-refractivity contribution in [3.63, 3.8) is 0 Å². The zero-order valence-electron chi connectivity index (χ0n) is 11.3. The van der Waals surface area contributed by atoms with Crippen LogP contribution in [0.4, 0.5) is 0 Å². The molecular weight excluding hydrogens is 283 g/mol. The molecule has 1 atom stereocenters. The van der Waals surface area contributed by atoms with Gasteiger partial charge in [-0.05, 0) is 43.0 Å². The highest BCUT2D eigenvalue weighted by Gasteiger charge is 2.35. The van der Waals surface area contributed by atoms with Gasteiger partial charge in [0.05, 0.1) is 0 Å². The zero-order valence-corrected chi connectivity index (χ0v) is 12.9. The van der Waals surface area contributed by atoms with E-state index in [1.165, 1.54) is 0 Å². The van der Waals surface area contributed by atoms with Crippen molar-refractivity contribution in [2.75, 3.05) is 19.6 Å². The van der Waals surface area contributed by atoms with Gasteiger partial charge in [0.1, 0.15) is 0 Å². The van der Waals surface area contributed by atoms with Crippen molar-refractivity contribution in [2.24, 2.45) is 11.1 Å². The number of hydrogen-bond donors (Lipinski definition) is 1. The predicted molar refractivity (Wildman–Crippen MR) is 81.1 cm³/mol. The van der Waals surface area contributed by atoms with E-state index in [-0.39, 0.29) is 23.7 Å². The van der Waals surface area contributed by atoms with Crippen molar-refractivity contribution in [2.45, 2.75) is 20.3 Å². The second kappa shape index (κ2) is 6.12. The van der Waals surface area contributed by atoms with Gasteiger partial charge in [-0.2, -0.15) is 0 Å². The molecule has 1 aromatic rings. The van der Waals surface area contributed by atoms with Crippen molar-refractivity contribution in [1.29, 1.82) is 0 Å². The topological polar surface area (TPSA) is 46.3 Å². The Labute approximate surface area is 125 Å². The monoisotopic (exact) mass is 302 g/mol. The number of nitrogens with zero attached hydrogens (tertiary/aromatic N) is 1. The lowest BCUT2D eigenvalue weighted by Gasteiger charge is -2.23. The van der Waals surface area contributed by atoms with Crippen LogP contribution in [0.5, 0.6) is 0 Å². The van der Waals surface area contributed by atoms with Crippen molar-refractivity contribution in [1.82, 2.24) is 4.90 Å². The number of halogens is 2. The minimum Gasteiger partial charge on any atom is -0.338 e. The Morgan fingerprint density at radius 1 is 1.53 bits per heavy atom. The fourth-order valence-electron chi connectivity index (χ4n) is 2.37. The fraction of sp³-hybridized carbons (Fsp3) is 0.500. The molecule has 1 saturated heterocycles. The molecule has 0 aliphatic carbocycles. The van der Waals surface area contributed by atoms with Gasteiger partial charge in [0.2, 0.25) is 0 Å². The van der Waals surface area contributed by atoms with Crippen LogP contribution in [0.2, 0.25) is 5.02 Å². The van der Waals surface area contributed by atoms with E-state index in [1.807, 2.05) is 30.0 Å². The molecule has 0 spiro atoms. The minimum atomic E-state index is 0. The first-order valence-electron chi connectivity index (χ1n) is 6.21. The van der Waals surface area contributed by atoms with E-state index in [0.29, 0.717) is 17.1 Å². The first-order chi connectivity index (χ1) is 8.47. The second-order valence-electron chi connectivity index (χ2n) is 5.40. The largest absolute Gasteiger partial charge is 0.338 e. The van der Waals surface area contributed by atoms with E-state index in [9.17, 15) is 4.79 Å². The SMILES string of the molecule is Cc1c(Cl)cccc1C(=O)N1CCC(C)(CN)C1.Cl. The third-order valence-electron chi connectivity index (χ3n) is 3.84. The standard InChI is InChI=1S/C14H19ClN2O.ClH/c1-10-11(4-3-5-12(10)15)13(18)17-7-6-14(2,8-16)9-17;/h3-5H,6-9,16H2,1-2H3;1H. The quantitative estimate of drug-likeness (QED) is 0.913. The highest BCUT2D eigenvalue weighted by atomic mass is 35.5. The molecule has 2 N–H and O–H groups in total. The lowest BCUT2D eigenvalue weighted by Crippen LogP contribution is -2.34. The smallest absolute Gasteiger partial charge is 0.254 e. The van der Waals surface area contributed by atoms with Crippen LogP contribution in [0.3, 0.4) is 0 Å². The maximum absolute atomic E-state index is 12.5. The average molecular weight is 303 g/mol. The molecule has 5 heteroatoms. The summed E-state index contributed by atoms with van der Waals surface area (Å²) in [4.78, 5) is 14.3. The molecule has 1 heterocycles. The Kier molecular flexibility index (Phi) is 5.25. The molecule has 0 saturated carbocycles. The van der Waals surface area contributed by atoms with Gasteiger partial charge in [-0.3, -0.25) is 4.79 Å². The van der Waals surface area contributed by atoms with Crippen LogP contribution in [0, 0.1) is 12.3 Å². The van der Waals surface area contributed by atoms with Crippen LogP contribution >= 0.6 is 24.0 Å². The van der Waals surface area contributed by atoms with Gasteiger partial charge in [-0.1, -0.05) is 24.6 Å². The summed E-state index contributed by atoms with van der Waals surface area (Å²) >= 11 is 6.06. The molecule has 1 aromatic carbocycles. The van der Waals surface area contributed by atoms with Crippen molar-refractivity contribution < 1.29 is 4.79 Å². The molecule has 19 heavy (non-hydrogen) atoms. The van der Waals surface area contributed by atoms with E-state index >= 15 is 0 Å². The third-order valence-corrected chi connectivity index (χ3v) is 4.25. The number of rotatable bonds is 2. The average Bonchev–Trinajstić information content (AvgIpc) is 2.75. The van der Waals surface area contributed by atoms with Crippen molar-refractivity contribution >= 4 is 29.9 Å². The van der Waals surface area contributed by atoms with Crippen LogP contribution in [0.1, 0.15) is 29.3 Å². The Hall–Kier alpha value is -0.770. The maximum Gasteiger partial charge on any atom is 0.254 e. The summed E-state index contributed by atoms with van der Waals surface area (Å²) in [5.41, 5.74) is 7.37. The van der Waals surface area contributed by atoms with E-state index in [1.54, 1.807) is 0 Å². The maximum atomic E-state index is 12.5. The molecule has 3 nitrogen and oxygen atoms in total. The van der Waals surface area contributed by atoms with E-state index in [4.69, 9.17) is 17.3 Å². The highest BCUT2D eigenvalue weighted by molar-refractivity contribution is 6.31. The van der Waals surface area contributed by atoms with Crippen LogP contribution < -0.4 is 5.73 Å². The normalized spacial score (nSPS) is 22.2. The summed E-state index contributed by atoms with van der Waals surface area (Å²) < 4.78 is 0. The predicted octanol–water partition coefficient (Wildman–Crippen LogP) is 2.88. The second-order valence-corrected chi connectivity index (χ2v) is 5.81. The Balaban J connectivity index is 0.00000180. The molecule has 1 amide bonds. The van der Waals surface area contributed by atoms with E-state index in [2.05, 4.69) is 6.92 Å². The van der Waals surface area contributed by atoms with E-state index in [0.717, 1.165) is 25.1 Å². The summed E-state index contributed by atoms with van der Waals surface area (Å²) in [5.74, 6) is 0.0622. The summed E-state index contributed by atoms with van der Waals surface area (Å²) in [7, 11) is 0. The molecule has 0 radical (unpaired) electrons. The number of amides is 1. The van der Waals surface area contributed by atoms with Gasteiger partial charge in [-0.25, -0.2) is 0 Å². The molecular formula is C14H20Cl2N2O. The molecule has 1 unspecified atom stereocenters. The molecule has 2 rings (SSSR count). The van der Waals surface area contributed by atoms with Gasteiger partial charge >= 0.3 is 0 Å². The Morgan fingerprint density at radius 3 is 2.79 bits per heavy atom. The zero-order chi connectivity index (χ0) is 13.3. The lowest BCUT2D eigenvalue weighted by atomic mass is 9.90. The number of benzene rings is 1. The van der Waals surface area contributed by atoms with Gasteiger partial charge in [0.15, 0.2) is 0 Å². The summed E-state index contributed by atoms with van der Waals surface area (Å²) in [5, 5.41) is 0.640. The molecule has 106 valence electrons. The molecule has 1 aliphatic heterocycles. The van der Waals surface area contributed by atoms with Crippen LogP contribution in [0.15, 0.2) is 18.2 Å². The van der Waals surface area contributed by atoms with Gasteiger partial charge in [0.25, 0.3) is 5.91 Å². The number of hydrogen-bond acceptors (Lipinski definition) is 2. The van der Waals surface area contributed by atoms with Crippen LogP contribution in [0.25, 0.3) is 0 Å². The Bertz CT molecular complexity index is 479. The van der Waals surface area contributed by atoms with Crippen molar-refractivity contribution in [3.05, 3.63) is 34.3 Å². The highest BCUT2D eigenvalue weighted by Crippen LogP contribution is 2.30. The number of likely N-dealkylation sites (tertiary alicyclic amines) is 1. The molecule has 1 fully saturated rings. The summed E-state index contributed by atoms with van der Waals surface area (Å²) in [6.07, 6.45) is 0.967. The molecule has 0 bridgehead atoms. The molecule has 0 aromatic heterocycles. The lowest BCUT2D eigenvalue weighted by molar-refractivity contribution is 0.0776. The molecule has 1 aliphatic rings. The minimum absolute atomic E-state index is 0. The van der Waals surface area contributed by atoms with E-state index < -0.39 is 0 Å². The summed E-state index contributed by atoms with van der Waals surface area (Å²) in [6, 6.07) is 5.46. The van der Waals surface area contributed by atoms with Crippen LogP contribution in [-0.2, 0) is 0 Å².